The summed E-state index contributed by atoms with van der Waals surface area (Å²) in [6.07, 6.45) is 9.90. The lowest BCUT2D eigenvalue weighted by Crippen LogP contribution is -2.49. The Morgan fingerprint density at radius 1 is 0.477 bits per heavy atom. The first-order valence-electron chi connectivity index (χ1n) is 15.8. The molecule has 4 heteroatoms. The van der Waals surface area contributed by atoms with Gasteiger partial charge in [-0.15, -0.1) is 0 Å². The van der Waals surface area contributed by atoms with E-state index in [1.54, 1.807) is 12.2 Å². The predicted molar refractivity (Wildman–Crippen MR) is 179 cm³/mol. The summed E-state index contributed by atoms with van der Waals surface area (Å²) in [6, 6.07) is 40.7. The van der Waals surface area contributed by atoms with Gasteiger partial charge in [0.15, 0.2) is 11.6 Å². The van der Waals surface area contributed by atoms with E-state index in [0.29, 0.717) is 25.7 Å². The molecule has 4 aromatic rings. The second-order valence-corrected chi connectivity index (χ2v) is 11.7. The van der Waals surface area contributed by atoms with Crippen LogP contribution in [0.1, 0.15) is 47.9 Å². The molecule has 4 aromatic carbocycles. The van der Waals surface area contributed by atoms with Gasteiger partial charge >= 0.3 is 0 Å². The number of allylic oxidation sites excluding steroid dienone is 4. The van der Waals surface area contributed by atoms with Crippen molar-refractivity contribution in [2.75, 3.05) is 0 Å². The smallest absolute Gasteiger partial charge is 0.161 e. The molecule has 1 saturated carbocycles. The van der Waals surface area contributed by atoms with Crippen molar-refractivity contribution in [3.05, 3.63) is 167 Å². The molecule has 1 aliphatic carbocycles. The van der Waals surface area contributed by atoms with Crippen molar-refractivity contribution in [2.45, 2.75) is 63.5 Å². The zero-order valence-electron chi connectivity index (χ0n) is 25.3. The molecule has 5 rings (SSSR count). The third-order valence-corrected chi connectivity index (χ3v) is 8.10. The van der Waals surface area contributed by atoms with Gasteiger partial charge in [-0.05, 0) is 35.1 Å². The van der Waals surface area contributed by atoms with Crippen LogP contribution in [-0.4, -0.2) is 23.7 Å². The maximum absolute atomic E-state index is 13.2. The van der Waals surface area contributed by atoms with E-state index in [9.17, 15) is 9.59 Å². The van der Waals surface area contributed by atoms with Crippen molar-refractivity contribution in [3.8, 4) is 0 Å². The highest BCUT2D eigenvalue weighted by Crippen LogP contribution is 2.23. The summed E-state index contributed by atoms with van der Waals surface area (Å²) in [6.45, 7) is 0. The Morgan fingerprint density at radius 2 is 0.773 bits per heavy atom. The maximum Gasteiger partial charge on any atom is 0.161 e. The Balaban J connectivity index is 1.35. The number of ketones is 2. The second-order valence-electron chi connectivity index (χ2n) is 11.7. The normalized spacial score (nSPS) is 17.1. The molecule has 1 aliphatic rings. The van der Waals surface area contributed by atoms with Crippen LogP contribution in [0.5, 0.6) is 0 Å². The molecule has 4 nitrogen and oxygen atoms in total. The molecule has 0 unspecified atom stereocenters. The van der Waals surface area contributed by atoms with Gasteiger partial charge in [-0.1, -0.05) is 134 Å². The van der Waals surface area contributed by atoms with Crippen LogP contribution in [0.3, 0.4) is 0 Å². The van der Waals surface area contributed by atoms with Crippen LogP contribution in [-0.2, 0) is 35.3 Å². The first-order valence-corrected chi connectivity index (χ1v) is 15.8. The summed E-state index contributed by atoms with van der Waals surface area (Å²) < 4.78 is 0. The number of hydrogen-bond acceptors (Lipinski definition) is 4. The summed E-state index contributed by atoms with van der Waals surface area (Å²) in [4.78, 5) is 26.4. The highest BCUT2D eigenvalue weighted by molar-refractivity contribution is 5.92. The van der Waals surface area contributed by atoms with Crippen molar-refractivity contribution < 1.29 is 9.59 Å². The highest BCUT2D eigenvalue weighted by Gasteiger charge is 2.26. The first-order chi connectivity index (χ1) is 21.6. The topological polar surface area (TPSA) is 58.2 Å². The van der Waals surface area contributed by atoms with E-state index in [4.69, 9.17) is 0 Å². The Hall–Kier alpha value is -4.70. The average molecular weight is 583 g/mol. The Kier molecular flexibility index (Phi) is 11.3. The van der Waals surface area contributed by atoms with Gasteiger partial charge in [0.2, 0.25) is 0 Å². The van der Waals surface area contributed by atoms with Crippen molar-refractivity contribution >= 4 is 11.6 Å². The van der Waals surface area contributed by atoms with Crippen LogP contribution in [0.25, 0.3) is 0 Å². The molecule has 44 heavy (non-hydrogen) atoms. The van der Waals surface area contributed by atoms with Gasteiger partial charge < -0.3 is 10.6 Å². The summed E-state index contributed by atoms with van der Waals surface area (Å²) >= 11 is 0. The number of hydrogen-bond donors (Lipinski definition) is 2. The average Bonchev–Trinajstić information content (AvgIpc) is 3.04. The van der Waals surface area contributed by atoms with E-state index in [1.165, 1.54) is 0 Å². The summed E-state index contributed by atoms with van der Waals surface area (Å²) in [5.74, 6) is 0.178. The van der Waals surface area contributed by atoms with Gasteiger partial charge in [0.1, 0.15) is 0 Å². The zero-order chi connectivity index (χ0) is 30.4. The minimum Gasteiger partial charge on any atom is -0.383 e. The molecule has 0 aromatic heterocycles. The summed E-state index contributed by atoms with van der Waals surface area (Å²) in [7, 11) is 0. The number of benzene rings is 4. The van der Waals surface area contributed by atoms with E-state index in [0.717, 1.165) is 59.3 Å². The zero-order valence-corrected chi connectivity index (χ0v) is 25.3. The Morgan fingerprint density at radius 3 is 1.09 bits per heavy atom. The summed E-state index contributed by atoms with van der Waals surface area (Å²) in [5, 5.41) is 7.60. The van der Waals surface area contributed by atoms with Crippen molar-refractivity contribution in [3.63, 3.8) is 0 Å². The summed E-state index contributed by atoms with van der Waals surface area (Å²) in [5.41, 5.74) is 6.22. The van der Waals surface area contributed by atoms with Crippen LogP contribution in [0.2, 0.25) is 0 Å². The largest absolute Gasteiger partial charge is 0.383 e. The van der Waals surface area contributed by atoms with Gasteiger partial charge in [-0.25, -0.2) is 0 Å². The molecule has 0 aliphatic heterocycles. The van der Waals surface area contributed by atoms with Crippen LogP contribution >= 0.6 is 0 Å². The van der Waals surface area contributed by atoms with E-state index >= 15 is 0 Å². The van der Waals surface area contributed by atoms with Crippen molar-refractivity contribution in [1.29, 1.82) is 0 Å². The molecule has 224 valence electrons. The van der Waals surface area contributed by atoms with Crippen LogP contribution in [0.4, 0.5) is 0 Å². The van der Waals surface area contributed by atoms with Crippen LogP contribution < -0.4 is 10.6 Å². The van der Waals surface area contributed by atoms with Gasteiger partial charge in [0, 0.05) is 61.3 Å². The molecule has 2 N–H and O–H groups in total. The van der Waals surface area contributed by atoms with Crippen molar-refractivity contribution in [1.82, 2.24) is 10.6 Å². The van der Waals surface area contributed by atoms with Crippen LogP contribution in [0, 0.1) is 0 Å². The molecular formula is C40H42N2O2. The third-order valence-electron chi connectivity index (χ3n) is 8.10. The molecule has 0 spiro atoms. The second kappa shape index (κ2) is 16.2. The molecule has 2 atom stereocenters. The number of carbonyl (C=O) groups excluding carboxylic acids is 2. The lowest BCUT2D eigenvalue weighted by Gasteiger charge is -2.35. The molecule has 1 fully saturated rings. The Bertz CT molecular complexity index is 1410. The SMILES string of the molecule is O=C(/C=C(/Cc1ccccc1)N[C@@H]1CCCC[C@H]1N/C(=C\C(=O)Cc1ccccc1)Cc1ccccc1)Cc1ccccc1. The lowest BCUT2D eigenvalue weighted by molar-refractivity contribution is -0.114. The van der Waals surface area contributed by atoms with E-state index in [1.807, 2.05) is 97.1 Å². The molecule has 0 heterocycles. The maximum atomic E-state index is 13.2. The molecule has 0 amide bonds. The van der Waals surface area contributed by atoms with Crippen molar-refractivity contribution in [2.24, 2.45) is 0 Å². The fraction of sp³-hybridized carbons (Fsp3) is 0.250. The van der Waals surface area contributed by atoms with Gasteiger partial charge in [0.05, 0.1) is 0 Å². The number of nitrogens with one attached hydrogen (secondary N) is 2. The number of rotatable bonds is 14. The van der Waals surface area contributed by atoms with Gasteiger partial charge in [-0.2, -0.15) is 0 Å². The van der Waals surface area contributed by atoms with Crippen LogP contribution in [0.15, 0.2) is 145 Å². The van der Waals surface area contributed by atoms with Gasteiger partial charge in [0.25, 0.3) is 0 Å². The lowest BCUT2D eigenvalue weighted by atomic mass is 9.89. The quantitative estimate of drug-likeness (QED) is 0.153. The van der Waals surface area contributed by atoms with E-state index in [2.05, 4.69) is 34.9 Å². The first kappa shape index (κ1) is 30.7. The molecule has 0 bridgehead atoms. The van der Waals surface area contributed by atoms with E-state index in [-0.39, 0.29) is 23.7 Å². The number of carbonyl (C=O) groups is 2. The fourth-order valence-corrected chi connectivity index (χ4v) is 5.96. The monoisotopic (exact) mass is 582 g/mol. The minimum atomic E-state index is 0.0890. The standard InChI is InChI=1S/C40H42N2O2/c43-37(27-33-19-9-3-10-20-33)29-35(25-31-15-5-1-6-16-31)41-39-23-13-14-24-40(39)42-36(26-32-17-7-2-8-18-32)30-38(44)28-34-21-11-4-12-22-34/h1-12,15-22,29-30,39-42H,13-14,23-28H2/b35-29-,36-30-/t39-,40-/m1/s1. The highest BCUT2D eigenvalue weighted by atomic mass is 16.1. The minimum absolute atomic E-state index is 0.0890. The molecular weight excluding hydrogens is 540 g/mol. The van der Waals surface area contributed by atoms with E-state index < -0.39 is 0 Å². The molecule has 0 saturated heterocycles. The van der Waals surface area contributed by atoms with Gasteiger partial charge in [-0.3, -0.25) is 9.59 Å². The predicted octanol–water partition coefficient (Wildman–Crippen LogP) is 7.35. The Labute approximate surface area is 261 Å². The fourth-order valence-electron chi connectivity index (χ4n) is 5.96. The third kappa shape index (κ3) is 9.95. The molecule has 0 radical (unpaired) electrons.